The van der Waals surface area contributed by atoms with E-state index in [1.54, 1.807) is 24.5 Å². The van der Waals surface area contributed by atoms with Crippen LogP contribution in [-0.4, -0.2) is 15.9 Å². The van der Waals surface area contributed by atoms with Crippen molar-refractivity contribution in [1.82, 2.24) is 9.97 Å². The minimum Gasteiger partial charge on any atom is -0.322 e. The predicted octanol–water partition coefficient (Wildman–Crippen LogP) is 4.67. The smallest absolute Gasteiger partial charge is 0.255 e. The fourth-order valence-electron chi connectivity index (χ4n) is 2.47. The molecule has 1 aromatic carbocycles. The first-order valence-corrected chi connectivity index (χ1v) is 7.87. The number of pyridine rings is 2. The maximum absolute atomic E-state index is 12.4. The summed E-state index contributed by atoms with van der Waals surface area (Å²) < 4.78 is 0. The lowest BCUT2D eigenvalue weighted by Crippen LogP contribution is -2.12. The number of carbonyl (C=O) groups is 1. The molecule has 0 spiro atoms. The highest BCUT2D eigenvalue weighted by Crippen LogP contribution is 2.28. The van der Waals surface area contributed by atoms with Crippen LogP contribution in [0.1, 0.15) is 21.6 Å². The highest BCUT2D eigenvalue weighted by molar-refractivity contribution is 6.29. The Hall–Kier alpha value is -2.72. The summed E-state index contributed by atoms with van der Waals surface area (Å²) in [5, 5.41) is 3.36. The summed E-state index contributed by atoms with van der Waals surface area (Å²) in [5.41, 5.74) is 5.17. The zero-order valence-corrected chi connectivity index (χ0v) is 14.1. The van der Waals surface area contributed by atoms with E-state index < -0.39 is 0 Å². The lowest BCUT2D eigenvalue weighted by atomic mass is 10.0. The molecule has 0 unspecified atom stereocenters. The normalized spacial score (nSPS) is 10.5. The van der Waals surface area contributed by atoms with Gasteiger partial charge in [0.15, 0.2) is 0 Å². The highest BCUT2D eigenvalue weighted by Gasteiger charge is 2.09. The lowest BCUT2D eigenvalue weighted by Gasteiger charge is -2.11. The quantitative estimate of drug-likeness (QED) is 0.707. The maximum Gasteiger partial charge on any atom is 0.255 e. The number of nitrogens with one attached hydrogen (secondary N) is 1. The van der Waals surface area contributed by atoms with E-state index in [9.17, 15) is 4.79 Å². The second-order valence-corrected chi connectivity index (χ2v) is 5.92. The Morgan fingerprint density at radius 2 is 1.79 bits per heavy atom. The summed E-state index contributed by atoms with van der Waals surface area (Å²) in [6.45, 7) is 3.87. The SMILES string of the molecule is Cc1cc(C(=O)Nc2ccc(C)c(-c3ccnc(Cl)c3)c2)ccn1. The van der Waals surface area contributed by atoms with E-state index >= 15 is 0 Å². The van der Waals surface area contributed by atoms with Crippen molar-refractivity contribution >= 4 is 23.2 Å². The minimum absolute atomic E-state index is 0.164. The first kappa shape index (κ1) is 16.1. The largest absolute Gasteiger partial charge is 0.322 e. The third-order valence-electron chi connectivity index (χ3n) is 3.69. The van der Waals surface area contributed by atoms with Crippen molar-refractivity contribution in [2.45, 2.75) is 13.8 Å². The van der Waals surface area contributed by atoms with Crippen LogP contribution in [0.15, 0.2) is 54.9 Å². The van der Waals surface area contributed by atoms with Crippen LogP contribution in [0, 0.1) is 13.8 Å². The van der Waals surface area contributed by atoms with Crippen molar-refractivity contribution in [1.29, 1.82) is 0 Å². The van der Waals surface area contributed by atoms with Crippen LogP contribution in [0.2, 0.25) is 5.15 Å². The number of hydrogen-bond acceptors (Lipinski definition) is 3. The average molecular weight is 338 g/mol. The van der Waals surface area contributed by atoms with Crippen molar-refractivity contribution in [3.8, 4) is 11.1 Å². The van der Waals surface area contributed by atoms with Crippen LogP contribution in [0.4, 0.5) is 5.69 Å². The summed E-state index contributed by atoms with van der Waals surface area (Å²) in [7, 11) is 0. The Bertz CT molecular complexity index is 909. The molecule has 0 radical (unpaired) electrons. The van der Waals surface area contributed by atoms with Crippen molar-refractivity contribution in [3.05, 3.63) is 76.8 Å². The molecule has 2 aromatic heterocycles. The average Bonchev–Trinajstić information content (AvgIpc) is 2.56. The van der Waals surface area contributed by atoms with Gasteiger partial charge in [0, 0.05) is 29.3 Å². The molecule has 0 saturated heterocycles. The number of hydrogen-bond donors (Lipinski definition) is 1. The Labute approximate surface area is 145 Å². The summed E-state index contributed by atoms with van der Waals surface area (Å²) >= 11 is 5.98. The van der Waals surface area contributed by atoms with Gasteiger partial charge in [-0.15, -0.1) is 0 Å². The molecule has 2 heterocycles. The number of anilines is 1. The first-order valence-electron chi connectivity index (χ1n) is 7.49. The molecule has 0 saturated carbocycles. The van der Waals surface area contributed by atoms with Crippen LogP contribution in [0.5, 0.6) is 0 Å². The van der Waals surface area contributed by atoms with E-state index in [0.717, 1.165) is 28.1 Å². The molecule has 0 aliphatic rings. The Morgan fingerprint density at radius 1 is 1.00 bits per heavy atom. The number of aryl methyl sites for hydroxylation is 2. The number of amides is 1. The fraction of sp³-hybridized carbons (Fsp3) is 0.105. The van der Waals surface area contributed by atoms with Gasteiger partial charge in [0.05, 0.1) is 0 Å². The fourth-order valence-corrected chi connectivity index (χ4v) is 2.64. The van der Waals surface area contributed by atoms with Gasteiger partial charge in [0.1, 0.15) is 5.15 Å². The maximum atomic E-state index is 12.4. The number of halogens is 1. The van der Waals surface area contributed by atoms with E-state index in [1.807, 2.05) is 44.2 Å². The summed E-state index contributed by atoms with van der Waals surface area (Å²) in [6.07, 6.45) is 3.30. The first-order chi connectivity index (χ1) is 11.5. The van der Waals surface area contributed by atoms with Crippen molar-refractivity contribution in [2.75, 3.05) is 5.32 Å². The lowest BCUT2D eigenvalue weighted by molar-refractivity contribution is 0.102. The molecule has 24 heavy (non-hydrogen) atoms. The molecular weight excluding hydrogens is 322 g/mol. The summed E-state index contributed by atoms with van der Waals surface area (Å²) in [5.74, 6) is -0.164. The van der Waals surface area contributed by atoms with Crippen LogP contribution >= 0.6 is 11.6 Å². The molecule has 3 rings (SSSR count). The number of nitrogens with zero attached hydrogens (tertiary/aromatic N) is 2. The van der Waals surface area contributed by atoms with Crippen LogP contribution in [0.25, 0.3) is 11.1 Å². The van der Waals surface area contributed by atoms with Crippen LogP contribution in [0.3, 0.4) is 0 Å². The minimum atomic E-state index is -0.164. The van der Waals surface area contributed by atoms with Crippen LogP contribution in [-0.2, 0) is 0 Å². The van der Waals surface area contributed by atoms with E-state index in [-0.39, 0.29) is 5.91 Å². The third kappa shape index (κ3) is 3.60. The summed E-state index contributed by atoms with van der Waals surface area (Å²) in [4.78, 5) is 20.5. The Morgan fingerprint density at radius 3 is 2.54 bits per heavy atom. The highest BCUT2D eigenvalue weighted by atomic mass is 35.5. The molecule has 0 bridgehead atoms. The molecule has 5 heteroatoms. The van der Waals surface area contributed by atoms with Gasteiger partial charge in [0.25, 0.3) is 5.91 Å². The molecule has 0 fully saturated rings. The number of carbonyl (C=O) groups excluding carboxylic acids is 1. The van der Waals surface area contributed by atoms with Crippen molar-refractivity contribution in [3.63, 3.8) is 0 Å². The molecule has 3 aromatic rings. The molecule has 0 aliphatic heterocycles. The van der Waals surface area contributed by atoms with Gasteiger partial charge >= 0.3 is 0 Å². The van der Waals surface area contributed by atoms with E-state index in [4.69, 9.17) is 11.6 Å². The molecule has 0 atom stereocenters. The number of aromatic nitrogens is 2. The standard InChI is InChI=1S/C19H16ClN3O/c1-12-3-4-16(11-17(12)14-5-8-22-18(20)10-14)23-19(24)15-6-7-21-13(2)9-15/h3-11H,1-2H3,(H,23,24). The molecular formula is C19H16ClN3O. The van der Waals surface area contributed by atoms with E-state index in [2.05, 4.69) is 15.3 Å². The molecule has 120 valence electrons. The van der Waals surface area contributed by atoms with Crippen LogP contribution < -0.4 is 5.32 Å². The van der Waals surface area contributed by atoms with Gasteiger partial charge in [-0.2, -0.15) is 0 Å². The molecule has 1 amide bonds. The van der Waals surface area contributed by atoms with Gasteiger partial charge in [0.2, 0.25) is 0 Å². The molecule has 1 N–H and O–H groups in total. The Kier molecular flexibility index (Phi) is 4.58. The van der Waals surface area contributed by atoms with Gasteiger partial charge < -0.3 is 5.32 Å². The Balaban J connectivity index is 1.90. The second kappa shape index (κ2) is 6.81. The van der Waals surface area contributed by atoms with Gasteiger partial charge in [-0.25, -0.2) is 4.98 Å². The van der Waals surface area contributed by atoms with Gasteiger partial charge in [-0.3, -0.25) is 9.78 Å². The monoisotopic (exact) mass is 337 g/mol. The van der Waals surface area contributed by atoms with Gasteiger partial charge in [-0.05, 0) is 66.9 Å². The second-order valence-electron chi connectivity index (χ2n) is 5.54. The number of benzene rings is 1. The predicted molar refractivity (Wildman–Crippen MR) is 96.3 cm³/mol. The number of rotatable bonds is 3. The molecule has 0 aliphatic carbocycles. The van der Waals surface area contributed by atoms with Gasteiger partial charge in [-0.1, -0.05) is 17.7 Å². The molecule has 4 nitrogen and oxygen atoms in total. The van der Waals surface area contributed by atoms with E-state index in [1.165, 1.54) is 0 Å². The summed E-state index contributed by atoms with van der Waals surface area (Å²) in [6, 6.07) is 12.9. The van der Waals surface area contributed by atoms with Crippen molar-refractivity contribution < 1.29 is 4.79 Å². The zero-order valence-electron chi connectivity index (χ0n) is 13.4. The van der Waals surface area contributed by atoms with E-state index in [0.29, 0.717) is 10.7 Å². The van der Waals surface area contributed by atoms with Crippen molar-refractivity contribution in [2.24, 2.45) is 0 Å². The zero-order chi connectivity index (χ0) is 17.1. The third-order valence-corrected chi connectivity index (χ3v) is 3.90. The topological polar surface area (TPSA) is 54.9 Å².